The van der Waals surface area contributed by atoms with E-state index in [1.54, 1.807) is 11.8 Å². The molecule has 0 spiro atoms. The van der Waals surface area contributed by atoms with Gasteiger partial charge >= 0.3 is 0 Å². The van der Waals surface area contributed by atoms with Crippen molar-refractivity contribution < 1.29 is 9.59 Å². The van der Waals surface area contributed by atoms with Crippen LogP contribution >= 0.6 is 11.8 Å². The molecule has 0 aromatic heterocycles. The van der Waals surface area contributed by atoms with Gasteiger partial charge < -0.3 is 10.2 Å². The maximum absolute atomic E-state index is 12.9. The van der Waals surface area contributed by atoms with Crippen molar-refractivity contribution in [1.82, 2.24) is 10.2 Å². The molecule has 0 radical (unpaired) electrons. The van der Waals surface area contributed by atoms with Crippen molar-refractivity contribution in [2.45, 2.75) is 45.2 Å². The summed E-state index contributed by atoms with van der Waals surface area (Å²) in [6.07, 6.45) is 0. The van der Waals surface area contributed by atoms with Crippen molar-refractivity contribution in [3.05, 3.63) is 65.2 Å². The van der Waals surface area contributed by atoms with E-state index < -0.39 is 6.04 Å². The third kappa shape index (κ3) is 6.43. The van der Waals surface area contributed by atoms with Crippen molar-refractivity contribution in [2.24, 2.45) is 0 Å². The number of amides is 2. The molecule has 0 aliphatic heterocycles. The number of hydrogen-bond donors (Lipinski definition) is 1. The number of likely N-dealkylation sites (N-methyl/N-ethyl adjacent to an activating group) is 1. The highest BCUT2D eigenvalue weighted by Crippen LogP contribution is 2.20. The summed E-state index contributed by atoms with van der Waals surface area (Å²) in [7, 11) is 0. The number of aryl methyl sites for hydroxylation is 2. The van der Waals surface area contributed by atoms with E-state index in [-0.39, 0.29) is 11.8 Å². The summed E-state index contributed by atoms with van der Waals surface area (Å²) in [5.74, 6) is 0.137. The number of nitrogens with zero attached hydrogens (tertiary/aromatic N) is 1. The Morgan fingerprint density at radius 2 is 1.78 bits per heavy atom. The second-order valence-electron chi connectivity index (χ2n) is 6.68. The van der Waals surface area contributed by atoms with E-state index in [9.17, 15) is 9.59 Å². The van der Waals surface area contributed by atoms with E-state index in [1.165, 1.54) is 17.3 Å². The van der Waals surface area contributed by atoms with Crippen molar-refractivity contribution in [2.75, 3.05) is 12.3 Å². The molecule has 0 aliphatic carbocycles. The SMILES string of the molecule is CCNC(=O)[C@@H](C)N(Cc1cccc(C)c1)C(=O)CSc1ccc(C)cc1. The minimum Gasteiger partial charge on any atom is -0.355 e. The molecule has 0 unspecified atom stereocenters. The zero-order valence-corrected chi connectivity index (χ0v) is 17.3. The molecule has 2 amide bonds. The van der Waals surface area contributed by atoms with Crippen LogP contribution in [0.15, 0.2) is 53.4 Å². The van der Waals surface area contributed by atoms with Gasteiger partial charge in [0.15, 0.2) is 0 Å². The van der Waals surface area contributed by atoms with Gasteiger partial charge in [-0.05, 0) is 45.4 Å². The first-order valence-electron chi connectivity index (χ1n) is 9.23. The van der Waals surface area contributed by atoms with Gasteiger partial charge in [-0.1, -0.05) is 47.5 Å². The van der Waals surface area contributed by atoms with Gasteiger partial charge in [0.25, 0.3) is 0 Å². The molecule has 0 bridgehead atoms. The fourth-order valence-corrected chi connectivity index (χ4v) is 3.56. The molecular formula is C22H28N2O2S. The van der Waals surface area contributed by atoms with Crippen molar-refractivity contribution >= 4 is 23.6 Å². The first kappa shape index (κ1) is 21.0. The summed E-state index contributed by atoms with van der Waals surface area (Å²) in [5.41, 5.74) is 3.36. The number of thioether (sulfide) groups is 1. The van der Waals surface area contributed by atoms with Crippen LogP contribution in [0, 0.1) is 13.8 Å². The minimum absolute atomic E-state index is 0.0409. The van der Waals surface area contributed by atoms with Gasteiger partial charge in [0, 0.05) is 18.0 Å². The van der Waals surface area contributed by atoms with Crippen molar-refractivity contribution in [3.63, 3.8) is 0 Å². The Kier molecular flexibility index (Phi) is 7.92. The average molecular weight is 385 g/mol. The fourth-order valence-electron chi connectivity index (χ4n) is 2.77. The zero-order valence-electron chi connectivity index (χ0n) is 16.5. The van der Waals surface area contributed by atoms with Crippen LogP contribution in [0.1, 0.15) is 30.5 Å². The number of rotatable bonds is 8. The number of benzene rings is 2. The molecule has 4 nitrogen and oxygen atoms in total. The van der Waals surface area contributed by atoms with Gasteiger partial charge in [-0.15, -0.1) is 11.8 Å². The lowest BCUT2D eigenvalue weighted by molar-refractivity contribution is -0.138. The normalized spacial score (nSPS) is 11.7. The maximum atomic E-state index is 12.9. The smallest absolute Gasteiger partial charge is 0.242 e. The molecule has 0 aliphatic rings. The Morgan fingerprint density at radius 1 is 1.07 bits per heavy atom. The maximum Gasteiger partial charge on any atom is 0.242 e. The molecule has 5 heteroatoms. The predicted molar refractivity (Wildman–Crippen MR) is 112 cm³/mol. The van der Waals surface area contributed by atoms with Gasteiger partial charge in [0.2, 0.25) is 11.8 Å². The van der Waals surface area contributed by atoms with Crippen LogP contribution in [0.2, 0.25) is 0 Å². The average Bonchev–Trinajstić information content (AvgIpc) is 2.65. The number of carbonyl (C=O) groups excluding carboxylic acids is 2. The number of nitrogens with one attached hydrogen (secondary N) is 1. The molecule has 1 atom stereocenters. The molecule has 0 fully saturated rings. The van der Waals surface area contributed by atoms with Crippen LogP contribution in [-0.4, -0.2) is 35.1 Å². The third-order valence-corrected chi connectivity index (χ3v) is 5.33. The monoisotopic (exact) mass is 384 g/mol. The van der Waals surface area contributed by atoms with E-state index in [0.29, 0.717) is 18.8 Å². The summed E-state index contributed by atoms with van der Waals surface area (Å²) < 4.78 is 0. The molecule has 0 heterocycles. The van der Waals surface area contributed by atoms with E-state index in [2.05, 4.69) is 11.4 Å². The molecule has 0 saturated carbocycles. The minimum atomic E-state index is -0.517. The van der Waals surface area contributed by atoms with Crippen LogP contribution < -0.4 is 5.32 Å². The Hall–Kier alpha value is -2.27. The molecule has 2 aromatic rings. The third-order valence-electron chi connectivity index (χ3n) is 4.34. The lowest BCUT2D eigenvalue weighted by Crippen LogP contribution is -2.48. The molecule has 144 valence electrons. The Morgan fingerprint density at radius 3 is 2.41 bits per heavy atom. The Balaban J connectivity index is 2.12. The zero-order chi connectivity index (χ0) is 19.8. The van der Waals surface area contributed by atoms with E-state index in [0.717, 1.165) is 16.0 Å². The molecular weight excluding hydrogens is 356 g/mol. The van der Waals surface area contributed by atoms with Crippen LogP contribution in [0.4, 0.5) is 0 Å². The van der Waals surface area contributed by atoms with Gasteiger partial charge in [-0.3, -0.25) is 9.59 Å². The highest BCUT2D eigenvalue weighted by atomic mass is 32.2. The van der Waals surface area contributed by atoms with E-state index >= 15 is 0 Å². The van der Waals surface area contributed by atoms with Gasteiger partial charge in [0.1, 0.15) is 6.04 Å². The van der Waals surface area contributed by atoms with Crippen molar-refractivity contribution in [1.29, 1.82) is 0 Å². The molecule has 1 N–H and O–H groups in total. The molecule has 2 rings (SSSR count). The van der Waals surface area contributed by atoms with Crippen molar-refractivity contribution in [3.8, 4) is 0 Å². The summed E-state index contributed by atoms with van der Waals surface area (Å²) in [6, 6.07) is 15.6. The Bertz CT molecular complexity index is 774. The summed E-state index contributed by atoms with van der Waals surface area (Å²) in [4.78, 5) is 28.0. The largest absolute Gasteiger partial charge is 0.355 e. The van der Waals surface area contributed by atoms with E-state index in [1.807, 2.05) is 63.2 Å². The first-order chi connectivity index (χ1) is 12.9. The van der Waals surface area contributed by atoms with Crippen LogP contribution in [0.25, 0.3) is 0 Å². The summed E-state index contributed by atoms with van der Waals surface area (Å²) in [6.45, 7) is 8.70. The number of carbonyl (C=O) groups is 2. The van der Waals surface area contributed by atoms with Gasteiger partial charge in [-0.25, -0.2) is 0 Å². The van der Waals surface area contributed by atoms with Crippen LogP contribution in [0.5, 0.6) is 0 Å². The van der Waals surface area contributed by atoms with Crippen LogP contribution in [-0.2, 0) is 16.1 Å². The van der Waals surface area contributed by atoms with Gasteiger partial charge in [-0.2, -0.15) is 0 Å². The van der Waals surface area contributed by atoms with E-state index in [4.69, 9.17) is 0 Å². The second-order valence-corrected chi connectivity index (χ2v) is 7.73. The standard InChI is InChI=1S/C22H28N2O2S/c1-5-23-22(26)18(4)24(14-19-8-6-7-17(3)13-19)21(25)15-27-20-11-9-16(2)10-12-20/h6-13,18H,5,14-15H2,1-4H3,(H,23,26)/t18-/m1/s1. The quantitative estimate of drug-likeness (QED) is 0.701. The highest BCUT2D eigenvalue weighted by molar-refractivity contribution is 8.00. The molecule has 27 heavy (non-hydrogen) atoms. The molecule has 2 aromatic carbocycles. The molecule has 0 saturated heterocycles. The predicted octanol–water partition coefficient (Wildman–Crippen LogP) is 3.95. The summed E-state index contributed by atoms with van der Waals surface area (Å²) >= 11 is 1.50. The second kappa shape index (κ2) is 10.2. The lowest BCUT2D eigenvalue weighted by Gasteiger charge is -2.28. The lowest BCUT2D eigenvalue weighted by atomic mass is 10.1. The fraction of sp³-hybridized carbons (Fsp3) is 0.364. The Labute approximate surface area is 166 Å². The first-order valence-corrected chi connectivity index (χ1v) is 10.2. The topological polar surface area (TPSA) is 49.4 Å². The highest BCUT2D eigenvalue weighted by Gasteiger charge is 2.25. The summed E-state index contributed by atoms with van der Waals surface area (Å²) in [5, 5.41) is 2.82. The van der Waals surface area contributed by atoms with Gasteiger partial charge in [0.05, 0.1) is 5.75 Å². The van der Waals surface area contributed by atoms with Crippen LogP contribution in [0.3, 0.4) is 0 Å². The number of hydrogen-bond acceptors (Lipinski definition) is 3.